The van der Waals surface area contributed by atoms with Gasteiger partial charge in [-0.05, 0) is 115 Å². The third-order valence-corrected chi connectivity index (χ3v) is 17.3. The first-order chi connectivity index (χ1) is 27.7. The van der Waals surface area contributed by atoms with Gasteiger partial charge in [-0.1, -0.05) is 40.7 Å². The number of ketones is 1. The number of hydrogen-bond donors (Lipinski definition) is 8. The Morgan fingerprint density at radius 2 is 1.41 bits per heavy atom. The highest BCUT2D eigenvalue weighted by Gasteiger charge is 2.67. The molecular formula is C44H68O15. The van der Waals surface area contributed by atoms with Crippen LogP contribution in [-0.4, -0.2) is 152 Å². The van der Waals surface area contributed by atoms with Crippen molar-refractivity contribution in [2.45, 2.75) is 192 Å². The molecule has 8 aliphatic rings. The van der Waals surface area contributed by atoms with E-state index in [1.807, 2.05) is 6.92 Å². The second kappa shape index (κ2) is 15.7. The van der Waals surface area contributed by atoms with E-state index in [2.05, 4.69) is 40.7 Å². The number of carbonyl (C=O) groups is 1. The molecule has 0 spiro atoms. The summed E-state index contributed by atoms with van der Waals surface area (Å²) in [5.41, 5.74) is 3.27. The fourth-order valence-electron chi connectivity index (χ4n) is 13.6. The fourth-order valence-corrected chi connectivity index (χ4v) is 13.6. The maximum Gasteiger partial charge on any atom is 0.187 e. The first-order valence-corrected chi connectivity index (χ1v) is 21.9. The van der Waals surface area contributed by atoms with Crippen LogP contribution in [0.3, 0.4) is 0 Å². The summed E-state index contributed by atoms with van der Waals surface area (Å²) in [4.78, 5) is 12.9. The van der Waals surface area contributed by atoms with Crippen molar-refractivity contribution in [2.75, 3.05) is 13.2 Å². The predicted octanol–water partition coefficient (Wildman–Crippen LogP) is 1.38. The van der Waals surface area contributed by atoms with Crippen molar-refractivity contribution in [3.63, 3.8) is 0 Å². The number of carbonyl (C=O) groups excluding carboxylic acids is 1. The molecule has 0 bridgehead atoms. The summed E-state index contributed by atoms with van der Waals surface area (Å²) in [6, 6.07) is 0. The molecule has 21 atom stereocenters. The summed E-state index contributed by atoms with van der Waals surface area (Å²) in [6.07, 6.45) is -11.4. The molecular weight excluding hydrogens is 768 g/mol. The zero-order valence-electron chi connectivity index (χ0n) is 35.5. The first-order valence-electron chi connectivity index (χ1n) is 21.9. The molecule has 0 unspecified atom stereocenters. The second-order valence-corrected chi connectivity index (χ2v) is 20.5. The van der Waals surface area contributed by atoms with Crippen molar-refractivity contribution < 1.29 is 74.1 Å². The highest BCUT2D eigenvalue weighted by molar-refractivity contribution is 6.00. The van der Waals surface area contributed by atoms with Gasteiger partial charge in [0.15, 0.2) is 24.7 Å². The van der Waals surface area contributed by atoms with Crippen LogP contribution in [0.25, 0.3) is 0 Å². The van der Waals surface area contributed by atoms with E-state index in [0.717, 1.165) is 44.1 Å². The summed E-state index contributed by atoms with van der Waals surface area (Å²) in [5, 5.41) is 85.1. The van der Waals surface area contributed by atoms with Gasteiger partial charge >= 0.3 is 0 Å². The molecule has 5 aliphatic carbocycles. The van der Waals surface area contributed by atoms with Crippen LogP contribution in [0.5, 0.6) is 0 Å². The third kappa shape index (κ3) is 6.79. The van der Waals surface area contributed by atoms with Crippen LogP contribution in [0.1, 0.15) is 99.8 Å². The lowest BCUT2D eigenvalue weighted by Gasteiger charge is -2.70. The number of hydrogen-bond acceptors (Lipinski definition) is 15. The molecule has 8 rings (SSSR count). The average molecular weight is 837 g/mol. The standard InChI is InChI=1S/C44H68O15/c1-19-23(46)16-21-10-14-43(6)22(29(19)21)8-9-27-42(5)13-12-28(41(3,4)26(42)11-15-44(27,43)7)57-40-37(59-38-34(52)32(50)30(48)20(2)55-38)36(24(47)18-54-40)58-39-35(53)33(51)31(49)25(17-45)56-39/h8,20-21,24-28,30-40,45,47-53H,9-18H2,1-7H3/t20-,21-,24-,25+,26-,27+,28-,30-,31+,32+,33-,34+,35+,36-,37+,38-,39-,40-,42-,43+,44+/m0/s1. The molecule has 6 fully saturated rings. The van der Waals surface area contributed by atoms with Crippen LogP contribution < -0.4 is 0 Å². The Bertz CT molecular complexity index is 1670. The summed E-state index contributed by atoms with van der Waals surface area (Å²) in [5.74, 6) is 1.29. The van der Waals surface area contributed by atoms with Gasteiger partial charge in [0.25, 0.3) is 0 Å². The monoisotopic (exact) mass is 836 g/mol. The number of rotatable bonds is 7. The van der Waals surface area contributed by atoms with Gasteiger partial charge in [-0.3, -0.25) is 4.79 Å². The Kier molecular flexibility index (Phi) is 11.8. The van der Waals surface area contributed by atoms with E-state index in [0.29, 0.717) is 30.5 Å². The van der Waals surface area contributed by atoms with Crippen molar-refractivity contribution in [2.24, 2.45) is 39.4 Å². The predicted molar refractivity (Wildman–Crippen MR) is 208 cm³/mol. The van der Waals surface area contributed by atoms with Crippen molar-refractivity contribution in [3.05, 3.63) is 22.8 Å². The zero-order valence-corrected chi connectivity index (χ0v) is 35.5. The molecule has 15 heteroatoms. The van der Waals surface area contributed by atoms with Crippen LogP contribution in [0.2, 0.25) is 0 Å². The quantitative estimate of drug-likeness (QED) is 0.169. The molecule has 59 heavy (non-hydrogen) atoms. The molecule has 0 amide bonds. The van der Waals surface area contributed by atoms with Gasteiger partial charge in [0.1, 0.15) is 61.0 Å². The van der Waals surface area contributed by atoms with Gasteiger partial charge < -0.3 is 69.3 Å². The molecule has 3 saturated heterocycles. The number of fused-ring (bicyclic) bond motifs is 7. The largest absolute Gasteiger partial charge is 0.394 e. The van der Waals surface area contributed by atoms with Gasteiger partial charge in [0.05, 0.1) is 25.4 Å². The van der Waals surface area contributed by atoms with Gasteiger partial charge in [0.2, 0.25) is 0 Å². The number of ether oxygens (including phenoxy) is 6. The summed E-state index contributed by atoms with van der Waals surface area (Å²) < 4.78 is 37.0. The molecule has 0 aromatic rings. The average Bonchev–Trinajstić information content (AvgIpc) is 3.48. The van der Waals surface area contributed by atoms with Crippen LogP contribution >= 0.6 is 0 Å². The molecule has 0 aromatic carbocycles. The van der Waals surface area contributed by atoms with Gasteiger partial charge in [-0.2, -0.15) is 0 Å². The minimum Gasteiger partial charge on any atom is -0.394 e. The van der Waals surface area contributed by atoms with E-state index in [9.17, 15) is 45.6 Å². The lowest BCUT2D eigenvalue weighted by atomic mass is 9.35. The zero-order chi connectivity index (χ0) is 42.7. The van der Waals surface area contributed by atoms with Crippen molar-refractivity contribution in [1.82, 2.24) is 0 Å². The van der Waals surface area contributed by atoms with Crippen molar-refractivity contribution >= 4 is 5.78 Å². The number of aliphatic hydroxyl groups is 8. The Balaban J connectivity index is 1.07. The molecule has 0 radical (unpaired) electrons. The lowest BCUT2D eigenvalue weighted by Crippen LogP contribution is -2.66. The fraction of sp³-hybridized carbons (Fsp3) is 0.886. The maximum absolute atomic E-state index is 12.9. The highest BCUT2D eigenvalue weighted by Crippen LogP contribution is 2.74. The Morgan fingerprint density at radius 3 is 2.10 bits per heavy atom. The molecule has 8 N–H and O–H groups in total. The van der Waals surface area contributed by atoms with E-state index in [1.165, 1.54) is 18.1 Å². The van der Waals surface area contributed by atoms with E-state index >= 15 is 0 Å². The van der Waals surface area contributed by atoms with E-state index < -0.39 is 92.6 Å². The van der Waals surface area contributed by atoms with E-state index in [-0.39, 0.29) is 40.3 Å². The van der Waals surface area contributed by atoms with Crippen molar-refractivity contribution in [1.29, 1.82) is 0 Å². The minimum atomic E-state index is -1.78. The van der Waals surface area contributed by atoms with Gasteiger partial charge in [-0.25, -0.2) is 0 Å². The Morgan fingerprint density at radius 1 is 0.746 bits per heavy atom. The van der Waals surface area contributed by atoms with Gasteiger partial charge in [-0.15, -0.1) is 0 Å². The van der Waals surface area contributed by atoms with Crippen LogP contribution in [0.15, 0.2) is 22.8 Å². The van der Waals surface area contributed by atoms with Gasteiger partial charge in [0, 0.05) is 6.42 Å². The Hall–Kier alpha value is -1.41. The molecule has 3 heterocycles. The summed E-state index contributed by atoms with van der Waals surface area (Å²) >= 11 is 0. The highest BCUT2D eigenvalue weighted by atomic mass is 16.8. The van der Waals surface area contributed by atoms with Crippen LogP contribution in [0.4, 0.5) is 0 Å². The third-order valence-electron chi connectivity index (χ3n) is 17.3. The number of aliphatic hydroxyl groups excluding tert-OH is 8. The molecule has 334 valence electrons. The normalized spacial score (nSPS) is 53.5. The molecule has 0 aromatic heterocycles. The molecule has 3 saturated carbocycles. The molecule has 15 nitrogen and oxygen atoms in total. The lowest BCUT2D eigenvalue weighted by molar-refractivity contribution is -0.388. The Labute approximate surface area is 346 Å². The van der Waals surface area contributed by atoms with Crippen LogP contribution in [0, 0.1) is 39.4 Å². The number of allylic oxidation sites excluding steroid dienone is 4. The second-order valence-electron chi connectivity index (χ2n) is 20.5. The summed E-state index contributed by atoms with van der Waals surface area (Å²) in [6.45, 7) is 14.4. The molecule has 3 aliphatic heterocycles. The first kappa shape index (κ1) is 44.2. The maximum atomic E-state index is 12.9. The van der Waals surface area contributed by atoms with E-state index in [1.54, 1.807) is 0 Å². The minimum absolute atomic E-state index is 0.0304. The SMILES string of the molecule is CC1=C2C3=CC[C@@H]4[C@@]5(C)CC[C@H](O[C@@H]6OC[C@H](O)[C@H](O[C@@H]7O[C@H](CO)[C@@H](O)[C@H](O)[C@H]7O)[C@H]6O[C@@H]6O[C@@H](C)[C@H](O)[C@@H](O)[C@H]6O)C(C)(C)[C@@H]5CC[C@@]4(C)[C@]3(C)CC[C@H]2CC1=O. The smallest absolute Gasteiger partial charge is 0.187 e. The number of Topliss-reactive ketones (excluding diaryl/α,β-unsaturated/α-hetero) is 1. The topological polar surface area (TPSA) is 234 Å². The summed E-state index contributed by atoms with van der Waals surface area (Å²) in [7, 11) is 0. The van der Waals surface area contributed by atoms with Crippen LogP contribution in [-0.2, 0) is 33.2 Å². The van der Waals surface area contributed by atoms with E-state index in [4.69, 9.17) is 28.4 Å². The van der Waals surface area contributed by atoms with Crippen molar-refractivity contribution in [3.8, 4) is 0 Å².